The molecule has 0 aliphatic carbocycles. The van der Waals surface area contributed by atoms with E-state index in [0.29, 0.717) is 23.7 Å². The van der Waals surface area contributed by atoms with Gasteiger partial charge in [0, 0.05) is 0 Å². The smallest absolute Gasteiger partial charge is 0.411 e. The van der Waals surface area contributed by atoms with E-state index in [1.807, 2.05) is 0 Å². The van der Waals surface area contributed by atoms with Gasteiger partial charge in [-0.1, -0.05) is 23.7 Å². The van der Waals surface area contributed by atoms with Crippen LogP contribution in [0.1, 0.15) is 5.56 Å². The van der Waals surface area contributed by atoms with Gasteiger partial charge >= 0.3 is 6.18 Å². The van der Waals surface area contributed by atoms with Gasteiger partial charge in [0.05, 0.1) is 5.02 Å². The van der Waals surface area contributed by atoms with Gasteiger partial charge in [-0.3, -0.25) is 0 Å². The van der Waals surface area contributed by atoms with Crippen molar-refractivity contribution in [2.24, 2.45) is 5.73 Å². The van der Waals surface area contributed by atoms with E-state index in [1.165, 1.54) is 0 Å². The predicted molar refractivity (Wildman–Crippen MR) is 61.7 cm³/mol. The Morgan fingerprint density at radius 1 is 1.28 bits per heavy atom. The Labute approximate surface area is 108 Å². The molecule has 3 nitrogen and oxygen atoms in total. The lowest BCUT2D eigenvalue weighted by Crippen LogP contribution is -2.19. The number of rotatable bonds is 6. The number of hydrogen-bond donors (Lipinski definition) is 1. The highest BCUT2D eigenvalue weighted by atomic mass is 35.5. The van der Waals surface area contributed by atoms with Crippen LogP contribution in [0.2, 0.25) is 5.02 Å². The third-order valence-corrected chi connectivity index (χ3v) is 2.31. The first-order valence-corrected chi connectivity index (χ1v) is 5.56. The van der Waals surface area contributed by atoms with Crippen LogP contribution in [0.15, 0.2) is 18.2 Å². The van der Waals surface area contributed by atoms with E-state index in [1.54, 1.807) is 18.2 Å². The van der Waals surface area contributed by atoms with Gasteiger partial charge in [-0.2, -0.15) is 13.2 Å². The van der Waals surface area contributed by atoms with Crippen LogP contribution < -0.4 is 10.5 Å². The molecule has 0 aromatic heterocycles. The van der Waals surface area contributed by atoms with Gasteiger partial charge < -0.3 is 15.2 Å². The molecule has 0 spiro atoms. The molecular formula is C11H13ClF3NO2. The Balaban J connectivity index is 2.55. The largest absolute Gasteiger partial charge is 0.466 e. The molecule has 0 aliphatic rings. The minimum absolute atomic E-state index is 0.312. The van der Waals surface area contributed by atoms with Crippen molar-refractivity contribution in [1.82, 2.24) is 0 Å². The molecule has 0 radical (unpaired) electrons. The lowest BCUT2D eigenvalue weighted by atomic mass is 10.1. The quantitative estimate of drug-likeness (QED) is 0.645. The summed E-state index contributed by atoms with van der Waals surface area (Å²) in [6.07, 6.45) is -3.85. The van der Waals surface area contributed by atoms with Gasteiger partial charge in [0.15, 0.2) is 6.79 Å². The van der Waals surface area contributed by atoms with Crippen molar-refractivity contribution in [2.75, 3.05) is 19.9 Å². The maximum absolute atomic E-state index is 11.8. The van der Waals surface area contributed by atoms with E-state index < -0.39 is 19.6 Å². The molecule has 1 rings (SSSR count). The first-order chi connectivity index (χ1) is 8.44. The van der Waals surface area contributed by atoms with E-state index in [-0.39, 0.29) is 0 Å². The molecule has 0 saturated heterocycles. The number of benzene rings is 1. The highest BCUT2D eigenvalue weighted by molar-refractivity contribution is 6.32. The van der Waals surface area contributed by atoms with Crippen LogP contribution in [0.4, 0.5) is 13.2 Å². The standard InChI is InChI=1S/C11H13ClF3NO2/c12-9-3-1-2-8(4-5-16)10(9)18-7-17-6-11(13,14)15/h1-3H,4-7,16H2. The van der Waals surface area contributed by atoms with Gasteiger partial charge in [0.2, 0.25) is 0 Å². The molecule has 1 aromatic carbocycles. The fraction of sp³-hybridized carbons (Fsp3) is 0.455. The number of para-hydroxylation sites is 1. The van der Waals surface area contributed by atoms with Crippen LogP contribution in [-0.2, 0) is 11.2 Å². The topological polar surface area (TPSA) is 44.5 Å². The number of alkyl halides is 3. The maximum atomic E-state index is 11.8. The van der Waals surface area contributed by atoms with Crippen LogP contribution in [0, 0.1) is 0 Å². The van der Waals surface area contributed by atoms with Crippen molar-refractivity contribution in [3.8, 4) is 5.75 Å². The third kappa shape index (κ3) is 5.12. The van der Waals surface area contributed by atoms with E-state index in [0.717, 1.165) is 5.56 Å². The second-order valence-corrected chi connectivity index (χ2v) is 3.90. The van der Waals surface area contributed by atoms with Crippen molar-refractivity contribution in [1.29, 1.82) is 0 Å². The number of nitrogens with two attached hydrogens (primary N) is 1. The Kier molecular flexibility index (Phi) is 5.71. The van der Waals surface area contributed by atoms with Crippen LogP contribution in [-0.4, -0.2) is 26.1 Å². The number of halogens is 4. The molecule has 0 amide bonds. The van der Waals surface area contributed by atoms with Crippen molar-refractivity contribution >= 4 is 11.6 Å². The molecule has 7 heteroatoms. The lowest BCUT2D eigenvalue weighted by Gasteiger charge is -2.13. The molecule has 18 heavy (non-hydrogen) atoms. The third-order valence-electron chi connectivity index (χ3n) is 2.01. The zero-order chi connectivity index (χ0) is 13.6. The summed E-state index contributed by atoms with van der Waals surface area (Å²) in [5.74, 6) is 0.312. The molecule has 1 aromatic rings. The van der Waals surface area contributed by atoms with Gasteiger partial charge in [0.1, 0.15) is 12.4 Å². The Hall–Kier alpha value is -0.980. The van der Waals surface area contributed by atoms with E-state index in [9.17, 15) is 13.2 Å². The first kappa shape index (κ1) is 15.1. The maximum Gasteiger partial charge on any atom is 0.411 e. The van der Waals surface area contributed by atoms with Gasteiger partial charge in [-0.25, -0.2) is 0 Å². The lowest BCUT2D eigenvalue weighted by molar-refractivity contribution is -0.186. The van der Waals surface area contributed by atoms with Crippen LogP contribution in [0.3, 0.4) is 0 Å². The summed E-state index contributed by atoms with van der Waals surface area (Å²) in [6.45, 7) is -1.48. The predicted octanol–water partition coefficient (Wildman–Crippen LogP) is 2.76. The fourth-order valence-electron chi connectivity index (χ4n) is 1.33. The summed E-state index contributed by atoms with van der Waals surface area (Å²) in [7, 11) is 0. The minimum Gasteiger partial charge on any atom is -0.466 e. The average molecular weight is 284 g/mol. The van der Waals surface area contributed by atoms with E-state index in [4.69, 9.17) is 22.1 Å². The van der Waals surface area contributed by atoms with Crippen molar-refractivity contribution < 1.29 is 22.6 Å². The molecule has 0 bridgehead atoms. The van der Waals surface area contributed by atoms with Crippen molar-refractivity contribution in [2.45, 2.75) is 12.6 Å². The molecule has 102 valence electrons. The Bertz CT molecular complexity index is 385. The van der Waals surface area contributed by atoms with Gasteiger partial charge in [-0.15, -0.1) is 0 Å². The minimum atomic E-state index is -4.37. The number of ether oxygens (including phenoxy) is 2. The van der Waals surface area contributed by atoms with Crippen LogP contribution in [0.25, 0.3) is 0 Å². The molecule has 0 atom stereocenters. The summed E-state index contributed by atoms with van der Waals surface area (Å²) in [5.41, 5.74) is 6.15. The summed E-state index contributed by atoms with van der Waals surface area (Å²) < 4.78 is 45.0. The molecule has 2 N–H and O–H groups in total. The van der Waals surface area contributed by atoms with Gasteiger partial charge in [0.25, 0.3) is 0 Å². The molecule has 0 unspecified atom stereocenters. The van der Waals surface area contributed by atoms with E-state index in [2.05, 4.69) is 4.74 Å². The van der Waals surface area contributed by atoms with Crippen LogP contribution in [0.5, 0.6) is 5.75 Å². The summed E-state index contributed by atoms with van der Waals surface area (Å²) in [4.78, 5) is 0. The molecule has 0 saturated carbocycles. The summed E-state index contributed by atoms with van der Waals surface area (Å²) >= 11 is 5.89. The molecular weight excluding hydrogens is 271 g/mol. The Morgan fingerprint density at radius 3 is 2.61 bits per heavy atom. The van der Waals surface area contributed by atoms with E-state index >= 15 is 0 Å². The summed E-state index contributed by atoms with van der Waals surface area (Å²) in [6, 6.07) is 5.05. The zero-order valence-corrected chi connectivity index (χ0v) is 10.2. The molecule has 0 aliphatic heterocycles. The second-order valence-electron chi connectivity index (χ2n) is 3.49. The summed E-state index contributed by atoms with van der Waals surface area (Å²) in [5, 5.41) is 0.316. The fourth-order valence-corrected chi connectivity index (χ4v) is 1.57. The van der Waals surface area contributed by atoms with Gasteiger partial charge in [-0.05, 0) is 24.6 Å². The second kappa shape index (κ2) is 6.82. The first-order valence-electron chi connectivity index (χ1n) is 5.19. The molecule has 0 heterocycles. The molecule has 0 fully saturated rings. The number of hydrogen-bond acceptors (Lipinski definition) is 3. The highest BCUT2D eigenvalue weighted by Gasteiger charge is 2.27. The van der Waals surface area contributed by atoms with Crippen LogP contribution >= 0.6 is 11.6 Å². The average Bonchev–Trinajstić information content (AvgIpc) is 2.26. The highest BCUT2D eigenvalue weighted by Crippen LogP contribution is 2.29. The monoisotopic (exact) mass is 283 g/mol. The van der Waals surface area contributed by atoms with Crippen molar-refractivity contribution in [3.63, 3.8) is 0 Å². The Morgan fingerprint density at radius 2 is 2.00 bits per heavy atom. The normalized spacial score (nSPS) is 11.6. The van der Waals surface area contributed by atoms with Crippen molar-refractivity contribution in [3.05, 3.63) is 28.8 Å². The zero-order valence-electron chi connectivity index (χ0n) is 9.47. The SMILES string of the molecule is NCCc1cccc(Cl)c1OCOCC(F)(F)F.